The van der Waals surface area contributed by atoms with Gasteiger partial charge in [0.25, 0.3) is 5.69 Å². The summed E-state index contributed by atoms with van der Waals surface area (Å²) >= 11 is 0. The molecule has 0 aliphatic carbocycles. The highest BCUT2D eigenvalue weighted by atomic mass is 16.6. The van der Waals surface area contributed by atoms with Crippen LogP contribution in [0.15, 0.2) is 18.2 Å². The average molecular weight is 225 g/mol. The van der Waals surface area contributed by atoms with Crippen LogP contribution in [0.25, 0.3) is 0 Å². The normalized spacial score (nSPS) is 9.62. The number of methoxy groups -OCH3 is 1. The summed E-state index contributed by atoms with van der Waals surface area (Å²) in [5, 5.41) is 10.6. The van der Waals surface area contributed by atoms with Crippen LogP contribution in [0.5, 0.6) is 5.75 Å². The first-order valence-electron chi connectivity index (χ1n) is 4.50. The molecule has 0 aromatic heterocycles. The van der Waals surface area contributed by atoms with Crippen LogP contribution in [0, 0.1) is 17.0 Å². The van der Waals surface area contributed by atoms with Gasteiger partial charge in [0.1, 0.15) is 5.75 Å². The smallest absolute Gasteiger partial charge is 0.343 e. The summed E-state index contributed by atoms with van der Waals surface area (Å²) < 4.78 is 9.49. The molecule has 6 nitrogen and oxygen atoms in total. The van der Waals surface area contributed by atoms with Crippen molar-refractivity contribution in [2.24, 2.45) is 0 Å². The predicted molar refractivity (Wildman–Crippen MR) is 55.3 cm³/mol. The topological polar surface area (TPSA) is 78.7 Å². The van der Waals surface area contributed by atoms with E-state index in [2.05, 4.69) is 4.74 Å². The van der Waals surface area contributed by atoms with Gasteiger partial charge >= 0.3 is 5.97 Å². The van der Waals surface area contributed by atoms with Crippen molar-refractivity contribution in [1.82, 2.24) is 0 Å². The van der Waals surface area contributed by atoms with Crippen LogP contribution in [0.3, 0.4) is 0 Å². The van der Waals surface area contributed by atoms with E-state index in [1.807, 2.05) is 0 Å². The van der Waals surface area contributed by atoms with Crippen molar-refractivity contribution in [3.8, 4) is 5.75 Å². The number of carbonyl (C=O) groups is 1. The Morgan fingerprint density at radius 3 is 2.75 bits per heavy atom. The molecule has 0 radical (unpaired) electrons. The molecule has 0 atom stereocenters. The summed E-state index contributed by atoms with van der Waals surface area (Å²) in [6.45, 7) is 1.29. The molecule has 1 rings (SSSR count). The van der Waals surface area contributed by atoms with Crippen LogP contribution in [0.2, 0.25) is 0 Å². The van der Waals surface area contributed by atoms with Crippen LogP contribution in [0.4, 0.5) is 5.69 Å². The Hall–Kier alpha value is -2.11. The van der Waals surface area contributed by atoms with Gasteiger partial charge in [0, 0.05) is 6.07 Å². The van der Waals surface area contributed by atoms with Gasteiger partial charge in [-0.1, -0.05) is 6.07 Å². The first-order valence-corrected chi connectivity index (χ1v) is 4.50. The quantitative estimate of drug-likeness (QED) is 0.440. The minimum atomic E-state index is -0.536. The number of nitrogens with zero attached hydrogens (tertiary/aromatic N) is 1. The summed E-state index contributed by atoms with van der Waals surface area (Å²) in [4.78, 5) is 21.0. The average Bonchev–Trinajstić information content (AvgIpc) is 2.26. The maximum absolute atomic E-state index is 10.8. The van der Waals surface area contributed by atoms with Gasteiger partial charge in [-0.15, -0.1) is 0 Å². The van der Waals surface area contributed by atoms with Gasteiger partial charge < -0.3 is 9.47 Å². The zero-order valence-electron chi connectivity index (χ0n) is 8.93. The molecule has 0 heterocycles. The Bertz CT molecular complexity index is 416. The monoisotopic (exact) mass is 225 g/mol. The SMILES string of the molecule is COC(=O)COc1cccc([N+](=O)[O-])c1C. The number of ether oxygens (including phenoxy) is 2. The number of nitro benzene ring substituents is 1. The first kappa shape index (κ1) is 12.0. The number of carbonyl (C=O) groups excluding carboxylic acids is 1. The molecule has 0 saturated heterocycles. The van der Waals surface area contributed by atoms with Crippen molar-refractivity contribution in [2.75, 3.05) is 13.7 Å². The van der Waals surface area contributed by atoms with Gasteiger partial charge in [0.2, 0.25) is 0 Å². The molecule has 0 bridgehead atoms. The third kappa shape index (κ3) is 2.69. The van der Waals surface area contributed by atoms with E-state index >= 15 is 0 Å². The summed E-state index contributed by atoms with van der Waals surface area (Å²) in [6, 6.07) is 4.43. The molecule has 0 fully saturated rings. The van der Waals surface area contributed by atoms with Crippen LogP contribution < -0.4 is 4.74 Å². The minimum Gasteiger partial charge on any atom is -0.481 e. The molecule has 1 aromatic rings. The third-order valence-electron chi connectivity index (χ3n) is 2.03. The molecule has 0 aliphatic rings. The number of esters is 1. The zero-order chi connectivity index (χ0) is 12.1. The molecule has 0 spiro atoms. The summed E-state index contributed by atoms with van der Waals surface area (Å²) in [6.07, 6.45) is 0. The largest absolute Gasteiger partial charge is 0.481 e. The van der Waals surface area contributed by atoms with E-state index < -0.39 is 10.9 Å². The first-order chi connectivity index (χ1) is 7.56. The van der Waals surface area contributed by atoms with Crippen molar-refractivity contribution < 1.29 is 19.2 Å². The Morgan fingerprint density at radius 1 is 1.50 bits per heavy atom. The van der Waals surface area contributed by atoms with Crippen LogP contribution >= 0.6 is 0 Å². The molecule has 0 unspecified atom stereocenters. The van der Waals surface area contributed by atoms with Gasteiger partial charge in [-0.3, -0.25) is 10.1 Å². The van der Waals surface area contributed by atoms with Gasteiger partial charge in [-0.2, -0.15) is 0 Å². The number of rotatable bonds is 4. The van der Waals surface area contributed by atoms with Gasteiger partial charge in [-0.25, -0.2) is 4.79 Å². The lowest BCUT2D eigenvalue weighted by atomic mass is 10.2. The van der Waals surface area contributed by atoms with Gasteiger partial charge in [0.15, 0.2) is 6.61 Å². The van der Waals surface area contributed by atoms with E-state index in [9.17, 15) is 14.9 Å². The van der Waals surface area contributed by atoms with E-state index in [0.717, 1.165) is 0 Å². The Labute approximate surface area is 91.9 Å². The van der Waals surface area contributed by atoms with E-state index in [-0.39, 0.29) is 12.3 Å². The summed E-state index contributed by atoms with van der Waals surface area (Å²) in [7, 11) is 1.24. The van der Waals surface area contributed by atoms with Crippen LogP contribution in [0.1, 0.15) is 5.56 Å². The molecule has 16 heavy (non-hydrogen) atoms. The Kier molecular flexibility index (Phi) is 3.82. The minimum absolute atomic E-state index is 0.0395. The van der Waals surface area contributed by atoms with E-state index in [0.29, 0.717) is 11.3 Å². The second-order valence-electron chi connectivity index (χ2n) is 3.02. The molecule has 6 heteroatoms. The number of benzene rings is 1. The van der Waals surface area contributed by atoms with E-state index in [1.165, 1.54) is 19.2 Å². The molecule has 0 N–H and O–H groups in total. The van der Waals surface area contributed by atoms with Crippen LogP contribution in [-0.4, -0.2) is 24.6 Å². The Morgan fingerprint density at radius 2 is 2.19 bits per heavy atom. The van der Waals surface area contributed by atoms with Gasteiger partial charge in [-0.05, 0) is 13.0 Å². The molecule has 0 saturated carbocycles. The van der Waals surface area contributed by atoms with Crippen molar-refractivity contribution in [3.05, 3.63) is 33.9 Å². The second kappa shape index (κ2) is 5.11. The fourth-order valence-corrected chi connectivity index (χ4v) is 1.15. The highest BCUT2D eigenvalue weighted by Crippen LogP contribution is 2.26. The van der Waals surface area contributed by atoms with Gasteiger partial charge in [0.05, 0.1) is 17.6 Å². The highest BCUT2D eigenvalue weighted by Gasteiger charge is 2.14. The fourth-order valence-electron chi connectivity index (χ4n) is 1.15. The molecule has 1 aromatic carbocycles. The van der Waals surface area contributed by atoms with Crippen molar-refractivity contribution in [2.45, 2.75) is 6.92 Å². The maximum atomic E-state index is 10.8. The maximum Gasteiger partial charge on any atom is 0.343 e. The van der Waals surface area contributed by atoms with Crippen LogP contribution in [-0.2, 0) is 9.53 Å². The molecule has 86 valence electrons. The van der Waals surface area contributed by atoms with E-state index in [1.54, 1.807) is 13.0 Å². The van der Waals surface area contributed by atoms with Crippen molar-refractivity contribution in [1.29, 1.82) is 0 Å². The lowest BCUT2D eigenvalue weighted by Crippen LogP contribution is -2.13. The predicted octanol–water partition coefficient (Wildman–Crippen LogP) is 1.46. The lowest BCUT2D eigenvalue weighted by Gasteiger charge is -2.07. The summed E-state index contributed by atoms with van der Waals surface area (Å²) in [5.41, 5.74) is 0.346. The molecular weight excluding hydrogens is 214 g/mol. The molecule has 0 amide bonds. The van der Waals surface area contributed by atoms with Crippen molar-refractivity contribution >= 4 is 11.7 Å². The number of hydrogen-bond donors (Lipinski definition) is 0. The third-order valence-corrected chi connectivity index (χ3v) is 2.03. The summed E-state index contributed by atoms with van der Waals surface area (Å²) in [5.74, 6) is -0.231. The fraction of sp³-hybridized carbons (Fsp3) is 0.300. The number of nitro groups is 1. The van der Waals surface area contributed by atoms with E-state index in [4.69, 9.17) is 4.74 Å². The van der Waals surface area contributed by atoms with Crippen molar-refractivity contribution in [3.63, 3.8) is 0 Å². The zero-order valence-corrected chi connectivity index (χ0v) is 8.93. The number of hydrogen-bond acceptors (Lipinski definition) is 5. The Balaban J connectivity index is 2.85. The standard InChI is InChI=1S/C10H11NO5/c1-7-8(11(13)14)4-3-5-9(7)16-6-10(12)15-2/h3-5H,6H2,1-2H3. The molecule has 0 aliphatic heterocycles. The molecular formula is C10H11NO5. The lowest BCUT2D eigenvalue weighted by molar-refractivity contribution is -0.385. The second-order valence-corrected chi connectivity index (χ2v) is 3.02. The highest BCUT2D eigenvalue weighted by molar-refractivity contribution is 5.71.